The molecule has 2 N–H and O–H groups in total. The van der Waals surface area contributed by atoms with Gasteiger partial charge < -0.3 is 10.3 Å². The monoisotopic (exact) mass is 254 g/mol. The number of H-pyrrole nitrogens is 1. The van der Waals surface area contributed by atoms with E-state index in [1.807, 2.05) is 29.8 Å². The quantitative estimate of drug-likeness (QED) is 0.746. The van der Waals surface area contributed by atoms with Crippen LogP contribution in [0.25, 0.3) is 5.82 Å². The zero-order valence-corrected chi connectivity index (χ0v) is 10.5. The Hall–Kier alpha value is -2.63. The number of nitrogens with one attached hydrogen (secondary N) is 2. The second kappa shape index (κ2) is 4.93. The molecule has 0 bridgehead atoms. The maximum Gasteiger partial charge on any atom is 0.161 e. The maximum atomic E-state index is 4.41. The molecule has 3 rings (SSSR count). The first-order valence-electron chi connectivity index (χ1n) is 6.02. The van der Waals surface area contributed by atoms with E-state index in [0.717, 1.165) is 23.2 Å². The van der Waals surface area contributed by atoms with E-state index in [4.69, 9.17) is 0 Å². The molecular formula is C13H14N6. The molecule has 0 saturated carbocycles. The van der Waals surface area contributed by atoms with E-state index >= 15 is 0 Å². The lowest BCUT2D eigenvalue weighted by Crippen LogP contribution is -2.07. The Morgan fingerprint density at radius 2 is 2.16 bits per heavy atom. The second-order valence-electron chi connectivity index (χ2n) is 4.11. The highest BCUT2D eigenvalue weighted by Crippen LogP contribution is 2.18. The van der Waals surface area contributed by atoms with Gasteiger partial charge in [0, 0.05) is 31.0 Å². The van der Waals surface area contributed by atoms with Crippen LogP contribution in [0.2, 0.25) is 0 Å². The Labute approximate surface area is 110 Å². The van der Waals surface area contributed by atoms with Crippen LogP contribution in [0, 0.1) is 6.92 Å². The minimum Gasteiger partial charge on any atom is -0.375 e. The number of rotatable bonds is 4. The van der Waals surface area contributed by atoms with Crippen molar-refractivity contribution in [2.24, 2.45) is 0 Å². The molecule has 3 aromatic rings. The Bertz CT molecular complexity index is 655. The van der Waals surface area contributed by atoms with Crippen molar-refractivity contribution in [1.29, 1.82) is 0 Å². The van der Waals surface area contributed by atoms with Gasteiger partial charge in [-0.2, -0.15) is 0 Å². The number of aromatic amines is 1. The summed E-state index contributed by atoms with van der Waals surface area (Å²) in [5, 5.41) is 3.33. The molecule has 0 aliphatic rings. The van der Waals surface area contributed by atoms with E-state index in [9.17, 15) is 0 Å². The minimum absolute atomic E-state index is 0.624. The number of aryl methyl sites for hydroxylation is 1. The molecule has 3 aromatic heterocycles. The Morgan fingerprint density at radius 1 is 1.21 bits per heavy atom. The van der Waals surface area contributed by atoms with Gasteiger partial charge in [-0.3, -0.25) is 4.57 Å². The van der Waals surface area contributed by atoms with Crippen molar-refractivity contribution in [1.82, 2.24) is 24.5 Å². The molecule has 19 heavy (non-hydrogen) atoms. The summed E-state index contributed by atoms with van der Waals surface area (Å²) < 4.78 is 1.95. The SMILES string of the molecule is Cc1nccn1-c1ncccc1NCc1ncc[nH]1. The predicted octanol–water partition coefficient (Wildman–Crippen LogP) is 1.91. The molecular weight excluding hydrogens is 240 g/mol. The van der Waals surface area contributed by atoms with Crippen LogP contribution in [0.15, 0.2) is 43.1 Å². The highest BCUT2D eigenvalue weighted by Gasteiger charge is 2.07. The van der Waals surface area contributed by atoms with Crippen LogP contribution >= 0.6 is 0 Å². The van der Waals surface area contributed by atoms with E-state index in [-0.39, 0.29) is 0 Å². The Kier molecular flexibility index (Phi) is 2.97. The molecule has 0 saturated heterocycles. The third-order valence-corrected chi connectivity index (χ3v) is 2.84. The normalized spacial score (nSPS) is 10.6. The van der Waals surface area contributed by atoms with Crippen molar-refractivity contribution < 1.29 is 0 Å². The summed E-state index contributed by atoms with van der Waals surface area (Å²) in [6, 6.07) is 3.89. The maximum absolute atomic E-state index is 4.41. The molecule has 3 heterocycles. The molecule has 0 spiro atoms. The summed E-state index contributed by atoms with van der Waals surface area (Å²) >= 11 is 0. The van der Waals surface area contributed by atoms with Crippen molar-refractivity contribution in [3.63, 3.8) is 0 Å². The molecule has 0 radical (unpaired) electrons. The molecule has 0 unspecified atom stereocenters. The summed E-state index contributed by atoms with van der Waals surface area (Å²) in [4.78, 5) is 15.9. The van der Waals surface area contributed by atoms with Gasteiger partial charge >= 0.3 is 0 Å². The molecule has 6 heteroatoms. The Balaban J connectivity index is 1.88. The van der Waals surface area contributed by atoms with Crippen molar-refractivity contribution in [3.8, 4) is 5.82 Å². The topological polar surface area (TPSA) is 71.4 Å². The molecule has 0 aliphatic heterocycles. The zero-order chi connectivity index (χ0) is 13.1. The number of hydrogen-bond donors (Lipinski definition) is 2. The smallest absolute Gasteiger partial charge is 0.161 e. The van der Waals surface area contributed by atoms with Crippen LogP contribution in [0.3, 0.4) is 0 Å². The molecule has 96 valence electrons. The number of anilines is 1. The molecule has 0 atom stereocenters. The molecule has 0 aromatic carbocycles. The van der Waals surface area contributed by atoms with Gasteiger partial charge in [0.25, 0.3) is 0 Å². The highest BCUT2D eigenvalue weighted by molar-refractivity contribution is 5.57. The van der Waals surface area contributed by atoms with Gasteiger partial charge in [-0.05, 0) is 19.1 Å². The lowest BCUT2D eigenvalue weighted by atomic mass is 10.3. The van der Waals surface area contributed by atoms with Gasteiger partial charge in [0.05, 0.1) is 12.2 Å². The van der Waals surface area contributed by atoms with Crippen LogP contribution in [0.1, 0.15) is 11.6 Å². The zero-order valence-electron chi connectivity index (χ0n) is 10.5. The molecule has 0 fully saturated rings. The highest BCUT2D eigenvalue weighted by atomic mass is 15.1. The largest absolute Gasteiger partial charge is 0.375 e. The number of nitrogens with zero attached hydrogens (tertiary/aromatic N) is 4. The van der Waals surface area contributed by atoms with Crippen LogP contribution in [-0.2, 0) is 6.54 Å². The molecule has 0 amide bonds. The average molecular weight is 254 g/mol. The number of aromatic nitrogens is 5. The lowest BCUT2D eigenvalue weighted by Gasteiger charge is -2.11. The van der Waals surface area contributed by atoms with Crippen LogP contribution < -0.4 is 5.32 Å². The first-order valence-corrected chi connectivity index (χ1v) is 6.02. The average Bonchev–Trinajstić information content (AvgIpc) is 3.08. The Morgan fingerprint density at radius 3 is 2.89 bits per heavy atom. The van der Waals surface area contributed by atoms with Crippen LogP contribution in [0.4, 0.5) is 5.69 Å². The van der Waals surface area contributed by atoms with Gasteiger partial charge in [0.15, 0.2) is 5.82 Å². The van der Waals surface area contributed by atoms with Gasteiger partial charge in [-0.1, -0.05) is 0 Å². The predicted molar refractivity (Wildman–Crippen MR) is 72.0 cm³/mol. The summed E-state index contributed by atoms with van der Waals surface area (Å²) in [6.45, 7) is 2.57. The van der Waals surface area contributed by atoms with Crippen molar-refractivity contribution >= 4 is 5.69 Å². The van der Waals surface area contributed by atoms with E-state index in [0.29, 0.717) is 6.54 Å². The van der Waals surface area contributed by atoms with Gasteiger partial charge in [0.2, 0.25) is 0 Å². The van der Waals surface area contributed by atoms with E-state index < -0.39 is 0 Å². The van der Waals surface area contributed by atoms with Crippen LogP contribution in [0.5, 0.6) is 0 Å². The lowest BCUT2D eigenvalue weighted by molar-refractivity contribution is 0.922. The molecule has 0 aliphatic carbocycles. The van der Waals surface area contributed by atoms with Crippen LogP contribution in [-0.4, -0.2) is 24.5 Å². The second-order valence-corrected chi connectivity index (χ2v) is 4.11. The first-order chi connectivity index (χ1) is 9.34. The number of pyridine rings is 1. The third kappa shape index (κ3) is 2.33. The third-order valence-electron chi connectivity index (χ3n) is 2.84. The standard InChI is InChI=1S/C13H14N6/c1-10-14-7-8-19(10)13-11(3-2-4-17-13)18-9-12-15-5-6-16-12/h2-8,18H,9H2,1H3,(H,15,16). The van der Waals surface area contributed by atoms with E-state index in [1.165, 1.54) is 0 Å². The first kappa shape index (κ1) is 11.5. The summed E-state index contributed by atoms with van der Waals surface area (Å²) in [6.07, 6.45) is 8.98. The fraction of sp³-hybridized carbons (Fsp3) is 0.154. The van der Waals surface area contributed by atoms with Gasteiger partial charge in [-0.25, -0.2) is 15.0 Å². The minimum atomic E-state index is 0.624. The molecule has 6 nitrogen and oxygen atoms in total. The van der Waals surface area contributed by atoms with Gasteiger partial charge in [-0.15, -0.1) is 0 Å². The fourth-order valence-electron chi connectivity index (χ4n) is 1.90. The number of imidazole rings is 2. The van der Waals surface area contributed by atoms with Crippen molar-refractivity contribution in [3.05, 3.63) is 54.8 Å². The number of hydrogen-bond acceptors (Lipinski definition) is 4. The van der Waals surface area contributed by atoms with Crippen molar-refractivity contribution in [2.45, 2.75) is 13.5 Å². The fourth-order valence-corrected chi connectivity index (χ4v) is 1.90. The van der Waals surface area contributed by atoms with E-state index in [2.05, 4.69) is 25.3 Å². The van der Waals surface area contributed by atoms with Crippen molar-refractivity contribution in [2.75, 3.05) is 5.32 Å². The summed E-state index contributed by atoms with van der Waals surface area (Å²) in [5.74, 6) is 2.63. The van der Waals surface area contributed by atoms with Gasteiger partial charge in [0.1, 0.15) is 11.6 Å². The van der Waals surface area contributed by atoms with E-state index in [1.54, 1.807) is 24.8 Å². The summed E-state index contributed by atoms with van der Waals surface area (Å²) in [5.41, 5.74) is 0.944. The summed E-state index contributed by atoms with van der Waals surface area (Å²) in [7, 11) is 0.